The lowest BCUT2D eigenvalue weighted by Gasteiger charge is -2.50. The lowest BCUT2D eigenvalue weighted by molar-refractivity contribution is 0.0884. The number of allylic oxidation sites excluding steroid dienone is 2. The molecule has 4 atom stereocenters. The molecule has 0 unspecified atom stereocenters. The summed E-state index contributed by atoms with van der Waals surface area (Å²) in [5.74, 6) is 1.36. The largest absolute Gasteiger partial charge is 0.294 e. The number of carbonyl (C=O) groups is 1. The van der Waals surface area contributed by atoms with Gasteiger partial charge in [-0.1, -0.05) is 25.1 Å². The molecular formula is C30H37FN2O3S. The fourth-order valence-corrected chi connectivity index (χ4v) is 8.56. The van der Waals surface area contributed by atoms with Crippen LogP contribution >= 0.6 is 0 Å². The molecule has 2 aromatic rings. The summed E-state index contributed by atoms with van der Waals surface area (Å²) in [5, 5.41) is 0. The van der Waals surface area contributed by atoms with E-state index in [0.717, 1.165) is 49.5 Å². The van der Waals surface area contributed by atoms with Gasteiger partial charge in [-0.15, -0.1) is 0 Å². The maximum absolute atomic E-state index is 13.9. The molecule has 1 saturated carbocycles. The van der Waals surface area contributed by atoms with Crippen molar-refractivity contribution in [1.29, 1.82) is 0 Å². The number of nitrogens with one attached hydrogen (secondary N) is 1. The number of ketones is 1. The summed E-state index contributed by atoms with van der Waals surface area (Å²) >= 11 is 0. The molecule has 5 nitrogen and oxygen atoms in total. The third-order valence-electron chi connectivity index (χ3n) is 9.08. The van der Waals surface area contributed by atoms with Crippen LogP contribution in [0.5, 0.6) is 0 Å². The van der Waals surface area contributed by atoms with Crippen molar-refractivity contribution in [2.45, 2.75) is 77.2 Å². The van der Waals surface area contributed by atoms with Crippen LogP contribution in [0.4, 0.5) is 4.39 Å². The number of fused-ring (bicyclic) bond motifs is 5. The van der Waals surface area contributed by atoms with Crippen molar-refractivity contribution in [3.63, 3.8) is 0 Å². The molecule has 0 spiro atoms. The third kappa shape index (κ3) is 5.17. The van der Waals surface area contributed by atoms with Crippen molar-refractivity contribution in [1.82, 2.24) is 9.71 Å². The molecule has 3 aliphatic carbocycles. The summed E-state index contributed by atoms with van der Waals surface area (Å²) in [4.78, 5) is 17.1. The summed E-state index contributed by atoms with van der Waals surface area (Å²) in [6, 6.07) is 7.83. The van der Waals surface area contributed by atoms with Gasteiger partial charge < -0.3 is 0 Å². The Kier molecular flexibility index (Phi) is 6.68. The number of rotatable bonds is 7. The van der Waals surface area contributed by atoms with E-state index < -0.39 is 15.6 Å². The topological polar surface area (TPSA) is 76.1 Å². The Hall–Kier alpha value is -2.38. The highest BCUT2D eigenvalue weighted by Crippen LogP contribution is 2.63. The summed E-state index contributed by atoms with van der Waals surface area (Å²) in [6.45, 7) is 5.97. The minimum Gasteiger partial charge on any atom is -0.294 e. The summed E-state index contributed by atoms with van der Waals surface area (Å²) < 4.78 is 39.8. The minimum atomic E-state index is -3.33. The van der Waals surface area contributed by atoms with Crippen molar-refractivity contribution in [3.05, 3.63) is 70.8 Å². The monoisotopic (exact) mass is 524 g/mol. The molecule has 37 heavy (non-hydrogen) atoms. The van der Waals surface area contributed by atoms with Crippen LogP contribution in [0, 0.1) is 23.1 Å². The Balaban J connectivity index is 1.30. The van der Waals surface area contributed by atoms with E-state index in [-0.39, 0.29) is 17.0 Å². The van der Waals surface area contributed by atoms with E-state index in [2.05, 4.69) is 34.8 Å². The molecule has 1 fully saturated rings. The highest BCUT2D eigenvalue weighted by molar-refractivity contribution is 7.88. The van der Waals surface area contributed by atoms with Crippen LogP contribution in [-0.4, -0.2) is 31.0 Å². The number of hydrogen-bond acceptors (Lipinski definition) is 4. The van der Waals surface area contributed by atoms with Gasteiger partial charge in [-0.25, -0.2) is 17.5 Å². The maximum Gasteiger partial charge on any atom is 0.209 e. The van der Waals surface area contributed by atoms with E-state index in [1.54, 1.807) is 26.1 Å². The zero-order chi connectivity index (χ0) is 26.6. The number of aromatic nitrogens is 1. The predicted octanol–water partition coefficient (Wildman–Crippen LogP) is 6.06. The van der Waals surface area contributed by atoms with Crippen molar-refractivity contribution in [2.24, 2.45) is 17.3 Å². The van der Waals surface area contributed by atoms with E-state index in [4.69, 9.17) is 0 Å². The van der Waals surface area contributed by atoms with Gasteiger partial charge in [0.15, 0.2) is 5.78 Å². The molecule has 5 rings (SSSR count). The molecule has 0 amide bonds. The normalized spacial score (nSPS) is 27.2. The molecule has 3 aliphatic rings. The molecule has 0 saturated heterocycles. The second kappa shape index (κ2) is 9.42. The van der Waals surface area contributed by atoms with Gasteiger partial charge in [0.05, 0.1) is 12.5 Å². The number of carbonyl (C=O) groups excluding carboxylic acids is 1. The molecule has 0 bridgehead atoms. The maximum atomic E-state index is 13.9. The van der Waals surface area contributed by atoms with E-state index in [9.17, 15) is 17.6 Å². The van der Waals surface area contributed by atoms with Crippen molar-refractivity contribution < 1.29 is 17.6 Å². The number of sulfonamides is 1. The van der Waals surface area contributed by atoms with Crippen LogP contribution in [0.2, 0.25) is 0 Å². The molecule has 7 heteroatoms. The summed E-state index contributed by atoms with van der Waals surface area (Å²) in [6.07, 6.45) is 12.5. The van der Waals surface area contributed by atoms with Crippen molar-refractivity contribution >= 4 is 21.4 Å². The van der Waals surface area contributed by atoms with Gasteiger partial charge in [-0.05, 0) is 110 Å². The summed E-state index contributed by atoms with van der Waals surface area (Å²) in [5.41, 5.74) is 4.92. The predicted molar refractivity (Wildman–Crippen MR) is 144 cm³/mol. The van der Waals surface area contributed by atoms with Crippen LogP contribution < -0.4 is 4.72 Å². The lowest BCUT2D eigenvalue weighted by atomic mass is 9.54. The van der Waals surface area contributed by atoms with Crippen molar-refractivity contribution in [3.8, 4) is 0 Å². The first-order valence-corrected chi connectivity index (χ1v) is 15.2. The Labute approximate surface area is 220 Å². The molecule has 0 radical (unpaired) electrons. The number of aryl methyl sites for hydroxylation is 1. The van der Waals surface area contributed by atoms with Crippen molar-refractivity contribution in [2.75, 3.05) is 6.26 Å². The average Bonchev–Trinajstić information content (AvgIpc) is 3.18. The second-order valence-corrected chi connectivity index (χ2v) is 14.0. The fraction of sp³-hybridized carbons (Fsp3) is 0.533. The fourth-order valence-electron chi connectivity index (χ4n) is 7.45. The van der Waals surface area contributed by atoms with Gasteiger partial charge in [0.25, 0.3) is 0 Å². The number of Topliss-reactive ketones (excluding diaryl/α,β-unsaturated/α-hetero) is 1. The van der Waals surface area contributed by atoms with Gasteiger partial charge in [-0.3, -0.25) is 9.78 Å². The molecular weight excluding hydrogens is 487 g/mol. The standard InChI is InChI=1S/C30H37FN2O3S/c1-29(2,33-37(4,35)36)13-12-28(34)20-6-7-23-19(15-20)5-8-25-24(23)11-14-30(3)26(9-10-27(25)30)21-16-22(31)18-32-17-21/h6-7,9,15-18,24-25,27,33H,5,8,10-14H2,1-4H3/t24-,25-,27+,30-/m1/s1. The van der Waals surface area contributed by atoms with Gasteiger partial charge in [-0.2, -0.15) is 0 Å². The quantitative estimate of drug-likeness (QED) is 0.447. The van der Waals surface area contributed by atoms with Gasteiger partial charge >= 0.3 is 0 Å². The Morgan fingerprint density at radius 3 is 2.73 bits per heavy atom. The Bertz CT molecular complexity index is 1370. The first-order chi connectivity index (χ1) is 17.4. The highest BCUT2D eigenvalue weighted by atomic mass is 32.2. The second-order valence-electron chi connectivity index (χ2n) is 12.2. The number of nitrogens with zero attached hydrogens (tertiary/aromatic N) is 1. The molecule has 1 aromatic heterocycles. The summed E-state index contributed by atoms with van der Waals surface area (Å²) in [7, 11) is -3.33. The number of pyridine rings is 1. The molecule has 0 aliphatic heterocycles. The van der Waals surface area contributed by atoms with Gasteiger partial charge in [0.2, 0.25) is 10.0 Å². The number of benzene rings is 1. The van der Waals surface area contributed by atoms with E-state index in [1.165, 1.54) is 22.9 Å². The van der Waals surface area contributed by atoms with Crippen LogP contribution in [0.25, 0.3) is 5.57 Å². The van der Waals surface area contributed by atoms with Crippen LogP contribution in [0.3, 0.4) is 0 Å². The molecule has 1 heterocycles. The zero-order valence-corrected chi connectivity index (χ0v) is 23.0. The average molecular weight is 525 g/mol. The zero-order valence-electron chi connectivity index (χ0n) is 22.2. The highest BCUT2D eigenvalue weighted by Gasteiger charge is 2.52. The Morgan fingerprint density at radius 2 is 2.00 bits per heavy atom. The van der Waals surface area contributed by atoms with Crippen LogP contribution in [0.1, 0.15) is 92.3 Å². The smallest absolute Gasteiger partial charge is 0.209 e. The van der Waals surface area contributed by atoms with Gasteiger partial charge in [0, 0.05) is 23.7 Å². The number of halogens is 1. The van der Waals surface area contributed by atoms with Crippen LogP contribution in [-0.2, 0) is 16.4 Å². The van der Waals surface area contributed by atoms with E-state index in [0.29, 0.717) is 30.6 Å². The first kappa shape index (κ1) is 26.2. The molecule has 1 aromatic carbocycles. The Morgan fingerprint density at radius 1 is 1.22 bits per heavy atom. The molecule has 1 N–H and O–H groups in total. The van der Waals surface area contributed by atoms with Crippen LogP contribution in [0.15, 0.2) is 42.7 Å². The molecule has 198 valence electrons. The van der Waals surface area contributed by atoms with E-state index >= 15 is 0 Å². The lowest BCUT2D eigenvalue weighted by Crippen LogP contribution is -2.43. The first-order valence-electron chi connectivity index (χ1n) is 13.3. The third-order valence-corrected chi connectivity index (χ3v) is 10.0. The number of hydrogen-bond donors (Lipinski definition) is 1. The van der Waals surface area contributed by atoms with Gasteiger partial charge in [0.1, 0.15) is 5.82 Å². The minimum absolute atomic E-state index is 0.0385. The van der Waals surface area contributed by atoms with E-state index in [1.807, 2.05) is 6.07 Å². The SMILES string of the molecule is CC(C)(CCC(=O)c1ccc2c(c1)CC[C@@H]1[C@@H]2CC[C@]2(C)C(c3cncc(F)c3)=CC[C@@H]12)NS(C)(=O)=O.